The molecular weight excluding hydrogens is 162 g/mol. The van der Waals surface area contributed by atoms with Gasteiger partial charge in [-0.15, -0.1) is 0 Å². The first-order chi connectivity index (χ1) is 5.52. The molecule has 0 aromatic heterocycles. The molecule has 1 aliphatic heterocycles. The molecule has 0 saturated carbocycles. The van der Waals surface area contributed by atoms with Crippen LogP contribution in [0.2, 0.25) is 0 Å². The third kappa shape index (κ3) is 1.55. The lowest BCUT2D eigenvalue weighted by Crippen LogP contribution is -2.63. The summed E-state index contributed by atoms with van der Waals surface area (Å²) in [5.74, 6) is -1.36. The van der Waals surface area contributed by atoms with Gasteiger partial charge in [-0.1, -0.05) is 0 Å². The molecule has 2 N–H and O–H groups in total. The average molecular weight is 173 g/mol. The molecule has 0 aliphatic carbocycles. The Hall–Kier alpha value is -1.10. The highest BCUT2D eigenvalue weighted by Gasteiger charge is 2.44. The summed E-state index contributed by atoms with van der Waals surface area (Å²) in [7, 11) is 0. The number of aliphatic hydroxyl groups is 1. The van der Waals surface area contributed by atoms with Crippen molar-refractivity contribution in [3.05, 3.63) is 0 Å². The van der Waals surface area contributed by atoms with E-state index in [0.29, 0.717) is 0 Å². The maximum Gasteiger partial charge on any atom is 0.304 e. The smallest absolute Gasteiger partial charge is 0.304 e. The molecular formula is C7H11NO4. The van der Waals surface area contributed by atoms with E-state index < -0.39 is 24.2 Å². The molecule has 1 saturated heterocycles. The average Bonchev–Trinajstić information content (AvgIpc) is 1.82. The van der Waals surface area contributed by atoms with Gasteiger partial charge in [-0.25, -0.2) is 0 Å². The first-order valence-corrected chi connectivity index (χ1v) is 3.68. The topological polar surface area (TPSA) is 75.6 Å². The number of nitrogens with one attached hydrogen (secondary N) is 1. The highest BCUT2D eigenvalue weighted by molar-refractivity contribution is 5.86. The molecule has 1 aliphatic rings. The maximum absolute atomic E-state index is 10.8. The first-order valence-electron chi connectivity index (χ1n) is 3.68. The summed E-state index contributed by atoms with van der Waals surface area (Å²) in [6.07, 6.45) is -1.45. The summed E-state index contributed by atoms with van der Waals surface area (Å²) >= 11 is 0. The Morgan fingerprint density at radius 3 is 2.67 bits per heavy atom. The van der Waals surface area contributed by atoms with Gasteiger partial charge in [0.2, 0.25) is 5.91 Å². The van der Waals surface area contributed by atoms with Gasteiger partial charge >= 0.3 is 5.97 Å². The number of hydrogen-bond acceptors (Lipinski definition) is 4. The van der Waals surface area contributed by atoms with Crippen LogP contribution in [-0.4, -0.2) is 29.3 Å². The van der Waals surface area contributed by atoms with E-state index in [-0.39, 0.29) is 5.91 Å². The molecule has 1 amide bonds. The number of carbonyl (C=O) groups excluding carboxylic acids is 2. The lowest BCUT2D eigenvalue weighted by Gasteiger charge is -2.36. The normalized spacial score (nSPS) is 30.1. The predicted octanol–water partition coefficient (Wildman–Crippen LogP) is -0.998. The number of carbonyl (C=O) groups is 2. The van der Waals surface area contributed by atoms with Crippen molar-refractivity contribution >= 4 is 11.9 Å². The van der Waals surface area contributed by atoms with Crippen LogP contribution in [0.1, 0.15) is 13.8 Å². The Bertz CT molecular complexity index is 213. The molecule has 1 fully saturated rings. The zero-order chi connectivity index (χ0) is 9.30. The van der Waals surface area contributed by atoms with Crippen molar-refractivity contribution in [1.82, 2.24) is 5.32 Å². The summed E-state index contributed by atoms with van der Waals surface area (Å²) < 4.78 is 4.70. The van der Waals surface area contributed by atoms with Crippen molar-refractivity contribution < 1.29 is 19.4 Å². The Morgan fingerprint density at radius 2 is 2.33 bits per heavy atom. The Kier molecular flexibility index (Phi) is 2.32. The van der Waals surface area contributed by atoms with Crippen LogP contribution in [-0.2, 0) is 14.3 Å². The summed E-state index contributed by atoms with van der Waals surface area (Å²) in [5.41, 5.74) is 0. The fraction of sp³-hybridized carbons (Fsp3) is 0.714. The Labute approximate surface area is 69.7 Å². The largest absolute Gasteiger partial charge is 0.441 e. The van der Waals surface area contributed by atoms with Crippen LogP contribution in [0.15, 0.2) is 0 Å². The molecule has 3 atom stereocenters. The lowest BCUT2D eigenvalue weighted by molar-refractivity contribution is -0.173. The summed E-state index contributed by atoms with van der Waals surface area (Å²) in [4.78, 5) is 21.3. The first kappa shape index (κ1) is 8.99. The van der Waals surface area contributed by atoms with Crippen molar-refractivity contribution in [1.29, 1.82) is 0 Å². The minimum absolute atomic E-state index is 0.281. The Balaban J connectivity index is 2.48. The maximum atomic E-state index is 10.8. The molecule has 68 valence electrons. The zero-order valence-electron chi connectivity index (χ0n) is 6.90. The van der Waals surface area contributed by atoms with E-state index in [1.807, 2.05) is 0 Å². The number of aliphatic hydroxyl groups excluding tert-OH is 1. The fourth-order valence-corrected chi connectivity index (χ4v) is 1.12. The number of ether oxygens (including phenoxy) is 1. The third-order valence-corrected chi connectivity index (χ3v) is 1.73. The van der Waals surface area contributed by atoms with Crippen molar-refractivity contribution in [3.63, 3.8) is 0 Å². The number of rotatable bonds is 2. The molecule has 0 spiro atoms. The zero-order valence-corrected chi connectivity index (χ0v) is 6.90. The van der Waals surface area contributed by atoms with Crippen LogP contribution < -0.4 is 5.32 Å². The lowest BCUT2D eigenvalue weighted by atomic mass is 9.94. The number of β-lactam (4-membered cyclic amide) rings is 1. The Morgan fingerprint density at radius 1 is 1.75 bits per heavy atom. The van der Waals surface area contributed by atoms with Crippen LogP contribution in [0.4, 0.5) is 0 Å². The van der Waals surface area contributed by atoms with Gasteiger partial charge in [-0.05, 0) is 6.92 Å². The van der Waals surface area contributed by atoms with E-state index in [4.69, 9.17) is 9.84 Å². The van der Waals surface area contributed by atoms with Gasteiger partial charge < -0.3 is 15.2 Å². The molecule has 0 bridgehead atoms. The van der Waals surface area contributed by atoms with Gasteiger partial charge in [-0.3, -0.25) is 9.59 Å². The van der Waals surface area contributed by atoms with Gasteiger partial charge in [0.15, 0.2) is 6.23 Å². The van der Waals surface area contributed by atoms with Crippen molar-refractivity contribution in [2.75, 3.05) is 0 Å². The second-order valence-electron chi connectivity index (χ2n) is 2.81. The van der Waals surface area contributed by atoms with E-state index in [9.17, 15) is 9.59 Å². The molecule has 1 rings (SSSR count). The van der Waals surface area contributed by atoms with E-state index in [0.717, 1.165) is 0 Å². The van der Waals surface area contributed by atoms with Gasteiger partial charge in [-0.2, -0.15) is 0 Å². The van der Waals surface area contributed by atoms with E-state index in [1.165, 1.54) is 13.8 Å². The second kappa shape index (κ2) is 3.10. The van der Waals surface area contributed by atoms with Gasteiger partial charge in [0, 0.05) is 6.92 Å². The SMILES string of the molecule is CC(=O)OC1NC(=O)[C@H]1C(C)O. The monoisotopic (exact) mass is 173 g/mol. The molecule has 5 heteroatoms. The van der Waals surface area contributed by atoms with Crippen molar-refractivity contribution in [3.8, 4) is 0 Å². The highest BCUT2D eigenvalue weighted by atomic mass is 16.6. The predicted molar refractivity (Wildman–Crippen MR) is 38.9 cm³/mol. The third-order valence-electron chi connectivity index (χ3n) is 1.73. The van der Waals surface area contributed by atoms with Gasteiger partial charge in [0.05, 0.1) is 6.10 Å². The standard InChI is InChI=1S/C7H11NO4/c1-3(9)5-6(11)8-7(5)12-4(2)10/h3,5,7,9H,1-2H3,(H,8,11)/t3?,5-,7?/m1/s1. The van der Waals surface area contributed by atoms with Crippen LogP contribution in [0.5, 0.6) is 0 Å². The van der Waals surface area contributed by atoms with E-state index in [2.05, 4.69) is 5.32 Å². The van der Waals surface area contributed by atoms with E-state index >= 15 is 0 Å². The summed E-state index contributed by atoms with van der Waals surface area (Å²) in [6, 6.07) is 0. The van der Waals surface area contributed by atoms with Crippen LogP contribution >= 0.6 is 0 Å². The number of amides is 1. The molecule has 5 nitrogen and oxygen atoms in total. The molecule has 1 heterocycles. The summed E-state index contributed by atoms with van der Waals surface area (Å²) in [5, 5.41) is 11.4. The molecule has 0 aromatic rings. The molecule has 2 unspecified atom stereocenters. The number of hydrogen-bond donors (Lipinski definition) is 2. The van der Waals surface area contributed by atoms with Gasteiger partial charge in [0.25, 0.3) is 0 Å². The van der Waals surface area contributed by atoms with Crippen molar-refractivity contribution in [2.24, 2.45) is 5.92 Å². The highest BCUT2D eigenvalue weighted by Crippen LogP contribution is 2.19. The van der Waals surface area contributed by atoms with Crippen molar-refractivity contribution in [2.45, 2.75) is 26.2 Å². The molecule has 0 radical (unpaired) electrons. The molecule has 0 aromatic carbocycles. The second-order valence-corrected chi connectivity index (χ2v) is 2.81. The molecule has 12 heavy (non-hydrogen) atoms. The van der Waals surface area contributed by atoms with E-state index in [1.54, 1.807) is 0 Å². The van der Waals surface area contributed by atoms with Crippen LogP contribution in [0.3, 0.4) is 0 Å². The van der Waals surface area contributed by atoms with Crippen LogP contribution in [0, 0.1) is 5.92 Å². The fourth-order valence-electron chi connectivity index (χ4n) is 1.12. The minimum Gasteiger partial charge on any atom is -0.441 e. The number of esters is 1. The van der Waals surface area contributed by atoms with Crippen LogP contribution in [0.25, 0.3) is 0 Å². The summed E-state index contributed by atoms with van der Waals surface area (Å²) in [6.45, 7) is 2.74. The minimum atomic E-state index is -0.789. The van der Waals surface area contributed by atoms with Gasteiger partial charge in [0.1, 0.15) is 5.92 Å². The quantitative estimate of drug-likeness (QED) is 0.415.